The predicted molar refractivity (Wildman–Crippen MR) is 55.5 cm³/mol. The molecule has 0 aliphatic rings. The summed E-state index contributed by atoms with van der Waals surface area (Å²) in [5, 5.41) is 0. The van der Waals surface area contributed by atoms with Crippen molar-refractivity contribution in [2.75, 3.05) is 7.11 Å². The van der Waals surface area contributed by atoms with E-state index in [0.29, 0.717) is 16.9 Å². The van der Waals surface area contributed by atoms with Crippen molar-refractivity contribution in [3.63, 3.8) is 0 Å². The zero-order valence-corrected chi connectivity index (χ0v) is 9.35. The van der Waals surface area contributed by atoms with E-state index in [-0.39, 0.29) is 5.56 Å². The van der Waals surface area contributed by atoms with E-state index >= 15 is 0 Å². The summed E-state index contributed by atoms with van der Waals surface area (Å²) in [6, 6.07) is 0.917. The van der Waals surface area contributed by atoms with Gasteiger partial charge < -0.3 is 10.5 Å². The third kappa shape index (κ3) is 2.29. The Kier molecular flexibility index (Phi) is 3.48. The molecule has 0 radical (unpaired) electrons. The first-order chi connectivity index (χ1) is 7.29. The van der Waals surface area contributed by atoms with Gasteiger partial charge in [-0.15, -0.1) is 0 Å². The summed E-state index contributed by atoms with van der Waals surface area (Å²) in [6.07, 6.45) is -4.42. The second kappa shape index (κ2) is 4.33. The molecule has 0 saturated heterocycles. The van der Waals surface area contributed by atoms with Gasteiger partial charge in [0, 0.05) is 0 Å². The Morgan fingerprint density at radius 1 is 1.19 bits per heavy atom. The van der Waals surface area contributed by atoms with Gasteiger partial charge in [0.1, 0.15) is 11.8 Å². The molecule has 0 aliphatic heterocycles. The van der Waals surface area contributed by atoms with Gasteiger partial charge in [0.15, 0.2) is 0 Å². The lowest BCUT2D eigenvalue weighted by atomic mass is 9.97. The van der Waals surface area contributed by atoms with Crippen molar-refractivity contribution < 1.29 is 17.9 Å². The third-order valence-corrected chi connectivity index (χ3v) is 2.69. The number of hydrogen-bond acceptors (Lipinski definition) is 2. The van der Waals surface area contributed by atoms with Gasteiger partial charge in [-0.2, -0.15) is 13.2 Å². The second-order valence-electron chi connectivity index (χ2n) is 3.63. The highest BCUT2D eigenvalue weighted by Gasteiger charge is 2.38. The molecule has 0 saturated carbocycles. The van der Waals surface area contributed by atoms with E-state index in [0.717, 1.165) is 0 Å². The number of rotatable bonds is 2. The Balaban J connectivity index is 3.22. The van der Waals surface area contributed by atoms with Gasteiger partial charge in [-0.25, -0.2) is 0 Å². The van der Waals surface area contributed by atoms with Crippen LogP contribution in [-0.4, -0.2) is 13.3 Å². The van der Waals surface area contributed by atoms with Crippen LogP contribution in [0.5, 0.6) is 5.75 Å². The molecule has 0 fully saturated rings. The van der Waals surface area contributed by atoms with Crippen molar-refractivity contribution in [1.29, 1.82) is 0 Å². The summed E-state index contributed by atoms with van der Waals surface area (Å²) >= 11 is 0. The van der Waals surface area contributed by atoms with Crippen molar-refractivity contribution in [2.45, 2.75) is 26.1 Å². The molecule has 16 heavy (non-hydrogen) atoms. The number of alkyl halides is 3. The Morgan fingerprint density at radius 2 is 1.75 bits per heavy atom. The fourth-order valence-corrected chi connectivity index (χ4v) is 1.55. The van der Waals surface area contributed by atoms with Crippen LogP contribution in [0.15, 0.2) is 12.1 Å². The van der Waals surface area contributed by atoms with Gasteiger partial charge >= 0.3 is 6.18 Å². The summed E-state index contributed by atoms with van der Waals surface area (Å²) in [5.41, 5.74) is 6.45. The molecule has 0 aliphatic carbocycles. The normalized spacial score (nSPS) is 13.7. The molecule has 0 amide bonds. The van der Waals surface area contributed by atoms with Crippen molar-refractivity contribution >= 4 is 0 Å². The first-order valence-corrected chi connectivity index (χ1v) is 4.75. The number of nitrogens with two attached hydrogens (primary N) is 1. The predicted octanol–water partition coefficient (Wildman–Crippen LogP) is 2.87. The van der Waals surface area contributed by atoms with E-state index in [4.69, 9.17) is 10.5 Å². The molecule has 0 heterocycles. The zero-order chi connectivity index (χ0) is 12.5. The molecule has 0 bridgehead atoms. The van der Waals surface area contributed by atoms with Crippen LogP contribution in [0, 0.1) is 13.8 Å². The summed E-state index contributed by atoms with van der Waals surface area (Å²) < 4.78 is 42.4. The van der Waals surface area contributed by atoms with Crippen LogP contribution in [0.1, 0.15) is 22.7 Å². The summed E-state index contributed by atoms with van der Waals surface area (Å²) in [4.78, 5) is 0. The average Bonchev–Trinajstić information content (AvgIpc) is 2.20. The summed E-state index contributed by atoms with van der Waals surface area (Å²) in [7, 11) is 1.48. The molecule has 1 aromatic carbocycles. The molecular formula is C11H14F3NO. The van der Waals surface area contributed by atoms with Crippen LogP contribution in [0.4, 0.5) is 13.2 Å². The van der Waals surface area contributed by atoms with Crippen molar-refractivity contribution in [2.24, 2.45) is 5.73 Å². The van der Waals surface area contributed by atoms with Crippen LogP contribution in [-0.2, 0) is 0 Å². The van der Waals surface area contributed by atoms with E-state index < -0.39 is 12.2 Å². The minimum atomic E-state index is -4.42. The Hall–Kier alpha value is -1.23. The number of methoxy groups -OCH3 is 1. The molecule has 1 aromatic rings. The molecule has 90 valence electrons. The van der Waals surface area contributed by atoms with E-state index in [1.807, 2.05) is 0 Å². The van der Waals surface area contributed by atoms with Gasteiger partial charge in [0.2, 0.25) is 0 Å². The second-order valence-corrected chi connectivity index (χ2v) is 3.63. The lowest BCUT2D eigenvalue weighted by molar-refractivity contribution is -0.149. The third-order valence-electron chi connectivity index (χ3n) is 2.69. The van der Waals surface area contributed by atoms with Crippen LogP contribution in [0.2, 0.25) is 0 Å². The van der Waals surface area contributed by atoms with Crippen LogP contribution >= 0.6 is 0 Å². The molecule has 0 aromatic heterocycles. The van der Waals surface area contributed by atoms with Gasteiger partial charge in [-0.05, 0) is 36.6 Å². The van der Waals surface area contributed by atoms with Crippen molar-refractivity contribution in [3.05, 3.63) is 28.8 Å². The molecule has 1 atom stereocenters. The van der Waals surface area contributed by atoms with Gasteiger partial charge in [0.25, 0.3) is 0 Å². The Morgan fingerprint density at radius 3 is 2.19 bits per heavy atom. The largest absolute Gasteiger partial charge is 0.496 e. The maximum Gasteiger partial charge on any atom is 0.407 e. The number of benzene rings is 1. The van der Waals surface area contributed by atoms with Gasteiger partial charge in [-0.3, -0.25) is 0 Å². The highest BCUT2D eigenvalue weighted by molar-refractivity contribution is 5.45. The minimum Gasteiger partial charge on any atom is -0.496 e. The SMILES string of the molecule is COc1ccc([C@H](N)C(F)(F)F)c(C)c1C. The highest BCUT2D eigenvalue weighted by Crippen LogP contribution is 2.35. The zero-order valence-electron chi connectivity index (χ0n) is 9.35. The maximum atomic E-state index is 12.5. The standard InChI is InChI=1S/C11H14F3NO/c1-6-7(2)9(16-3)5-4-8(6)10(15)11(12,13)14/h4-5,10H,15H2,1-3H3/t10-/m0/s1. The van der Waals surface area contributed by atoms with E-state index in [1.165, 1.54) is 19.2 Å². The minimum absolute atomic E-state index is 0.0887. The van der Waals surface area contributed by atoms with Gasteiger partial charge in [0.05, 0.1) is 7.11 Å². The highest BCUT2D eigenvalue weighted by atomic mass is 19.4. The first kappa shape index (κ1) is 12.8. The smallest absolute Gasteiger partial charge is 0.407 e. The number of halogens is 3. The Bertz CT molecular complexity index is 388. The lowest BCUT2D eigenvalue weighted by Crippen LogP contribution is -2.29. The quantitative estimate of drug-likeness (QED) is 0.852. The van der Waals surface area contributed by atoms with Crippen LogP contribution in [0.25, 0.3) is 0 Å². The number of hydrogen-bond donors (Lipinski definition) is 1. The molecule has 0 unspecified atom stereocenters. The molecule has 1 rings (SSSR count). The fraction of sp³-hybridized carbons (Fsp3) is 0.455. The van der Waals surface area contributed by atoms with E-state index in [9.17, 15) is 13.2 Å². The fourth-order valence-electron chi connectivity index (χ4n) is 1.55. The molecule has 5 heteroatoms. The van der Waals surface area contributed by atoms with Crippen LogP contribution < -0.4 is 10.5 Å². The summed E-state index contributed by atoms with van der Waals surface area (Å²) in [5.74, 6) is 0.565. The van der Waals surface area contributed by atoms with Crippen molar-refractivity contribution in [3.8, 4) is 5.75 Å². The lowest BCUT2D eigenvalue weighted by Gasteiger charge is -2.20. The molecular weight excluding hydrogens is 219 g/mol. The topological polar surface area (TPSA) is 35.2 Å². The number of ether oxygens (including phenoxy) is 1. The average molecular weight is 233 g/mol. The maximum absolute atomic E-state index is 12.5. The van der Waals surface area contributed by atoms with Gasteiger partial charge in [-0.1, -0.05) is 6.07 Å². The summed E-state index contributed by atoms with van der Waals surface area (Å²) in [6.45, 7) is 3.32. The molecule has 2 N–H and O–H groups in total. The van der Waals surface area contributed by atoms with E-state index in [2.05, 4.69) is 0 Å². The first-order valence-electron chi connectivity index (χ1n) is 4.75. The van der Waals surface area contributed by atoms with Crippen LogP contribution in [0.3, 0.4) is 0 Å². The Labute approximate surface area is 92.2 Å². The van der Waals surface area contributed by atoms with Crippen molar-refractivity contribution in [1.82, 2.24) is 0 Å². The molecule has 2 nitrogen and oxygen atoms in total. The monoisotopic (exact) mass is 233 g/mol. The van der Waals surface area contributed by atoms with E-state index in [1.54, 1.807) is 13.8 Å². The molecule has 0 spiro atoms.